The third kappa shape index (κ3) is 4.27. The van der Waals surface area contributed by atoms with Gasteiger partial charge in [-0.05, 0) is 42.9 Å². The number of carbonyl (C=O) groups is 1. The summed E-state index contributed by atoms with van der Waals surface area (Å²) in [6.45, 7) is 0.659. The minimum absolute atomic E-state index is 0.145. The zero-order valence-electron chi connectivity index (χ0n) is 12.2. The summed E-state index contributed by atoms with van der Waals surface area (Å²) in [5, 5.41) is 3.52. The Hall–Kier alpha value is -0.930. The van der Waals surface area contributed by atoms with E-state index in [0.29, 0.717) is 40.6 Å². The van der Waals surface area contributed by atoms with Crippen molar-refractivity contribution in [3.05, 3.63) is 28.8 Å². The minimum Gasteiger partial charge on any atom is -0.496 e. The number of amides is 1. The van der Waals surface area contributed by atoms with E-state index in [1.165, 1.54) is 12.8 Å². The molecule has 0 saturated heterocycles. The SMILES string of the molecule is COc1ccc(Cl)cc1C(=O)NCC1CCCCC1CCl. The van der Waals surface area contributed by atoms with E-state index in [9.17, 15) is 4.79 Å². The van der Waals surface area contributed by atoms with E-state index < -0.39 is 0 Å². The summed E-state index contributed by atoms with van der Waals surface area (Å²) in [5.41, 5.74) is 0.475. The van der Waals surface area contributed by atoms with Crippen LogP contribution >= 0.6 is 23.2 Å². The van der Waals surface area contributed by atoms with Crippen LogP contribution in [-0.4, -0.2) is 25.4 Å². The molecule has 2 atom stereocenters. The Bertz CT molecular complexity index is 493. The molecule has 0 heterocycles. The highest BCUT2D eigenvalue weighted by Gasteiger charge is 2.25. The first kappa shape index (κ1) is 16.4. The average Bonchev–Trinajstić information content (AvgIpc) is 2.52. The number of rotatable bonds is 5. The number of methoxy groups -OCH3 is 1. The molecule has 1 saturated carbocycles. The van der Waals surface area contributed by atoms with Gasteiger partial charge in [-0.25, -0.2) is 0 Å². The molecule has 1 amide bonds. The van der Waals surface area contributed by atoms with Crippen LogP contribution in [0, 0.1) is 11.8 Å². The Balaban J connectivity index is 1.99. The summed E-state index contributed by atoms with van der Waals surface area (Å²) in [6.07, 6.45) is 4.74. The smallest absolute Gasteiger partial charge is 0.255 e. The van der Waals surface area contributed by atoms with Crippen molar-refractivity contribution in [3.8, 4) is 5.75 Å². The Morgan fingerprint density at radius 2 is 2.05 bits per heavy atom. The van der Waals surface area contributed by atoms with E-state index in [0.717, 1.165) is 12.8 Å². The van der Waals surface area contributed by atoms with Crippen molar-refractivity contribution in [3.63, 3.8) is 0 Å². The van der Waals surface area contributed by atoms with Crippen LogP contribution in [0.4, 0.5) is 0 Å². The number of halogens is 2. The van der Waals surface area contributed by atoms with Gasteiger partial charge in [0.15, 0.2) is 0 Å². The van der Waals surface area contributed by atoms with Gasteiger partial charge in [0.25, 0.3) is 5.91 Å². The van der Waals surface area contributed by atoms with E-state index in [1.807, 2.05) is 0 Å². The first-order valence-corrected chi connectivity index (χ1v) is 8.24. The lowest BCUT2D eigenvalue weighted by Gasteiger charge is -2.30. The number of nitrogens with one attached hydrogen (secondary N) is 1. The van der Waals surface area contributed by atoms with Gasteiger partial charge in [-0.15, -0.1) is 11.6 Å². The van der Waals surface area contributed by atoms with Gasteiger partial charge in [0, 0.05) is 17.4 Å². The van der Waals surface area contributed by atoms with Crippen LogP contribution in [0.3, 0.4) is 0 Å². The predicted octanol–water partition coefficient (Wildman–Crippen LogP) is 4.12. The van der Waals surface area contributed by atoms with Gasteiger partial charge < -0.3 is 10.1 Å². The van der Waals surface area contributed by atoms with E-state index >= 15 is 0 Å². The van der Waals surface area contributed by atoms with E-state index in [2.05, 4.69) is 5.32 Å². The number of carbonyl (C=O) groups excluding carboxylic acids is 1. The van der Waals surface area contributed by atoms with Gasteiger partial charge in [-0.2, -0.15) is 0 Å². The van der Waals surface area contributed by atoms with E-state index in [1.54, 1.807) is 25.3 Å². The summed E-state index contributed by atoms with van der Waals surface area (Å²) in [5.74, 6) is 2.02. The van der Waals surface area contributed by atoms with Crippen molar-refractivity contribution < 1.29 is 9.53 Å². The van der Waals surface area contributed by atoms with Gasteiger partial charge in [0.1, 0.15) is 5.75 Å². The second-order valence-electron chi connectivity index (χ2n) is 5.51. The normalized spacial score (nSPS) is 21.9. The molecule has 1 aliphatic carbocycles. The predicted molar refractivity (Wildman–Crippen MR) is 86.5 cm³/mol. The second-order valence-corrected chi connectivity index (χ2v) is 6.26. The fraction of sp³-hybridized carbons (Fsp3) is 0.562. The first-order chi connectivity index (χ1) is 10.2. The largest absolute Gasteiger partial charge is 0.496 e. The molecule has 0 bridgehead atoms. The molecule has 2 rings (SSSR count). The Kier molecular flexibility index (Phi) is 6.19. The van der Waals surface area contributed by atoms with Crippen molar-refractivity contribution in [2.75, 3.05) is 19.5 Å². The molecule has 2 unspecified atom stereocenters. The van der Waals surface area contributed by atoms with E-state index in [-0.39, 0.29) is 5.91 Å². The molecule has 1 N–H and O–H groups in total. The molecular weight excluding hydrogens is 309 g/mol. The molecule has 3 nitrogen and oxygen atoms in total. The van der Waals surface area contributed by atoms with Crippen molar-refractivity contribution >= 4 is 29.1 Å². The number of alkyl halides is 1. The van der Waals surface area contributed by atoms with Crippen molar-refractivity contribution in [1.29, 1.82) is 0 Å². The Morgan fingerprint density at radius 1 is 1.33 bits per heavy atom. The van der Waals surface area contributed by atoms with Gasteiger partial charge in [-0.1, -0.05) is 24.4 Å². The molecule has 0 aliphatic heterocycles. The molecule has 1 fully saturated rings. The molecule has 1 aromatic rings. The fourth-order valence-electron chi connectivity index (χ4n) is 2.93. The lowest BCUT2D eigenvalue weighted by molar-refractivity contribution is 0.0933. The standard InChI is InChI=1S/C16H21Cl2NO2/c1-21-15-7-6-13(18)8-14(15)16(20)19-10-12-5-3-2-4-11(12)9-17/h6-8,11-12H,2-5,9-10H2,1H3,(H,19,20). The Labute approximate surface area is 136 Å². The molecular formula is C16H21Cl2NO2. The number of hydrogen-bond donors (Lipinski definition) is 1. The van der Waals surface area contributed by atoms with Crippen molar-refractivity contribution in [2.24, 2.45) is 11.8 Å². The number of hydrogen-bond acceptors (Lipinski definition) is 2. The second kappa shape index (κ2) is 7.90. The Morgan fingerprint density at radius 3 is 2.71 bits per heavy atom. The molecule has 5 heteroatoms. The summed E-state index contributed by atoms with van der Waals surface area (Å²) in [7, 11) is 1.55. The van der Waals surface area contributed by atoms with Gasteiger partial charge in [0.05, 0.1) is 12.7 Å². The van der Waals surface area contributed by atoms with Crippen LogP contribution in [0.25, 0.3) is 0 Å². The highest BCUT2D eigenvalue weighted by molar-refractivity contribution is 6.31. The topological polar surface area (TPSA) is 38.3 Å². The highest BCUT2D eigenvalue weighted by Crippen LogP contribution is 2.30. The van der Waals surface area contributed by atoms with Crippen LogP contribution in [0.2, 0.25) is 5.02 Å². The van der Waals surface area contributed by atoms with Crippen LogP contribution in [0.1, 0.15) is 36.0 Å². The monoisotopic (exact) mass is 329 g/mol. The maximum absolute atomic E-state index is 12.3. The number of ether oxygens (including phenoxy) is 1. The van der Waals surface area contributed by atoms with Gasteiger partial charge >= 0.3 is 0 Å². The number of benzene rings is 1. The zero-order chi connectivity index (χ0) is 15.2. The van der Waals surface area contributed by atoms with Gasteiger partial charge in [-0.3, -0.25) is 4.79 Å². The highest BCUT2D eigenvalue weighted by atomic mass is 35.5. The molecule has 116 valence electrons. The maximum atomic E-state index is 12.3. The van der Waals surface area contributed by atoms with Gasteiger partial charge in [0.2, 0.25) is 0 Å². The van der Waals surface area contributed by atoms with Crippen LogP contribution in [-0.2, 0) is 0 Å². The molecule has 1 aliphatic rings. The summed E-state index contributed by atoms with van der Waals surface area (Å²) in [4.78, 5) is 12.3. The van der Waals surface area contributed by atoms with Crippen LogP contribution < -0.4 is 10.1 Å². The lowest BCUT2D eigenvalue weighted by Crippen LogP contribution is -2.35. The lowest BCUT2D eigenvalue weighted by atomic mass is 9.80. The van der Waals surface area contributed by atoms with E-state index in [4.69, 9.17) is 27.9 Å². The zero-order valence-corrected chi connectivity index (χ0v) is 13.7. The molecule has 0 spiro atoms. The van der Waals surface area contributed by atoms with Crippen LogP contribution in [0.15, 0.2) is 18.2 Å². The first-order valence-electron chi connectivity index (χ1n) is 7.33. The molecule has 21 heavy (non-hydrogen) atoms. The van der Waals surface area contributed by atoms with Crippen molar-refractivity contribution in [2.45, 2.75) is 25.7 Å². The third-order valence-corrected chi connectivity index (χ3v) is 4.83. The van der Waals surface area contributed by atoms with Crippen LogP contribution in [0.5, 0.6) is 5.75 Å². The molecule has 0 aromatic heterocycles. The summed E-state index contributed by atoms with van der Waals surface area (Å²) in [6, 6.07) is 5.05. The summed E-state index contributed by atoms with van der Waals surface area (Å²) >= 11 is 12.0. The average molecular weight is 330 g/mol. The quantitative estimate of drug-likeness (QED) is 0.825. The molecule has 0 radical (unpaired) electrons. The fourth-order valence-corrected chi connectivity index (χ4v) is 3.51. The third-order valence-electron chi connectivity index (χ3n) is 4.20. The maximum Gasteiger partial charge on any atom is 0.255 e. The van der Waals surface area contributed by atoms with Crippen molar-refractivity contribution in [1.82, 2.24) is 5.32 Å². The molecule has 1 aromatic carbocycles. The summed E-state index contributed by atoms with van der Waals surface area (Å²) < 4.78 is 5.21. The minimum atomic E-state index is -0.145.